The van der Waals surface area contributed by atoms with Crippen molar-refractivity contribution in [1.82, 2.24) is 19.2 Å². The molecule has 158 valence electrons. The number of aromatic nitrogens is 2. The number of rotatable bonds is 7. The fourth-order valence-electron chi connectivity index (χ4n) is 3.25. The predicted molar refractivity (Wildman–Crippen MR) is 109 cm³/mol. The van der Waals surface area contributed by atoms with E-state index < -0.39 is 10.0 Å². The van der Waals surface area contributed by atoms with Gasteiger partial charge in [0.15, 0.2) is 0 Å². The molecule has 0 unspecified atom stereocenters. The first-order chi connectivity index (χ1) is 13.8. The summed E-state index contributed by atoms with van der Waals surface area (Å²) in [6, 6.07) is 5.03. The molecule has 0 spiro atoms. The minimum absolute atomic E-state index is 0.0424. The summed E-state index contributed by atoms with van der Waals surface area (Å²) in [7, 11) is -1.90. The van der Waals surface area contributed by atoms with Gasteiger partial charge in [0.05, 0.1) is 6.10 Å². The number of nitrogens with one attached hydrogen (secondary N) is 1. The molecular weight excluding hydrogens is 392 g/mol. The maximum atomic E-state index is 12.8. The van der Waals surface area contributed by atoms with Crippen LogP contribution in [0.15, 0.2) is 35.5 Å². The maximum absolute atomic E-state index is 12.8. The van der Waals surface area contributed by atoms with E-state index in [1.54, 1.807) is 23.9 Å². The molecule has 0 radical (unpaired) electrons. The average Bonchev–Trinajstić information content (AvgIpc) is 3.10. The molecule has 1 N–H and O–H groups in total. The van der Waals surface area contributed by atoms with E-state index in [2.05, 4.69) is 10.3 Å². The lowest BCUT2D eigenvalue weighted by Gasteiger charge is -2.25. The number of carbonyl (C=O) groups excluding carboxylic acids is 1. The number of pyridine rings is 1. The number of aryl methyl sites for hydroxylation is 1. The Kier molecular flexibility index (Phi) is 6.59. The zero-order valence-corrected chi connectivity index (χ0v) is 17.9. The second-order valence-electron chi connectivity index (χ2n) is 7.49. The third-order valence-corrected chi connectivity index (χ3v) is 6.64. The molecule has 2 aromatic heterocycles. The molecule has 0 bridgehead atoms. The van der Waals surface area contributed by atoms with Crippen molar-refractivity contribution in [3.05, 3.63) is 41.9 Å². The Hall–Kier alpha value is -2.39. The van der Waals surface area contributed by atoms with Gasteiger partial charge < -0.3 is 14.6 Å². The van der Waals surface area contributed by atoms with Crippen LogP contribution in [0.2, 0.25) is 0 Å². The Labute approximate surface area is 171 Å². The van der Waals surface area contributed by atoms with Gasteiger partial charge >= 0.3 is 0 Å². The van der Waals surface area contributed by atoms with Crippen molar-refractivity contribution in [3.8, 4) is 5.88 Å². The number of ether oxygens (including phenoxy) is 1. The number of hydrogen-bond donors (Lipinski definition) is 1. The summed E-state index contributed by atoms with van der Waals surface area (Å²) < 4.78 is 34.2. The molecule has 1 saturated heterocycles. The summed E-state index contributed by atoms with van der Waals surface area (Å²) >= 11 is 0. The quantitative estimate of drug-likeness (QED) is 0.742. The van der Waals surface area contributed by atoms with E-state index in [1.807, 2.05) is 19.9 Å². The molecule has 0 aromatic carbocycles. The van der Waals surface area contributed by atoms with Crippen LogP contribution in [-0.4, -0.2) is 47.4 Å². The van der Waals surface area contributed by atoms with E-state index in [0.29, 0.717) is 24.7 Å². The SMILES string of the molecule is CC(C)Oc1ccc(CNC(=O)c2cc(S(=O)(=O)N3CCCCC3)cn2C)cn1. The summed E-state index contributed by atoms with van der Waals surface area (Å²) in [5, 5.41) is 2.81. The van der Waals surface area contributed by atoms with Crippen LogP contribution in [0, 0.1) is 0 Å². The standard InChI is InChI=1S/C20H28N4O4S/c1-15(2)28-19-8-7-16(12-21-19)13-22-20(25)18-11-17(14-23(18)3)29(26,27)24-9-5-4-6-10-24/h7-8,11-12,14-15H,4-6,9-10,13H2,1-3H3,(H,22,25). The molecule has 1 fully saturated rings. The Morgan fingerprint density at radius 2 is 1.97 bits per heavy atom. The molecule has 8 nitrogen and oxygen atoms in total. The molecule has 1 aliphatic heterocycles. The molecule has 9 heteroatoms. The highest BCUT2D eigenvalue weighted by Gasteiger charge is 2.28. The number of piperidine rings is 1. The van der Waals surface area contributed by atoms with Gasteiger partial charge in [-0.15, -0.1) is 0 Å². The smallest absolute Gasteiger partial charge is 0.268 e. The van der Waals surface area contributed by atoms with E-state index in [9.17, 15) is 13.2 Å². The topological polar surface area (TPSA) is 93.5 Å². The lowest BCUT2D eigenvalue weighted by atomic mass is 10.2. The Morgan fingerprint density at radius 1 is 1.24 bits per heavy atom. The highest BCUT2D eigenvalue weighted by molar-refractivity contribution is 7.89. The van der Waals surface area contributed by atoms with Gasteiger partial charge in [0.2, 0.25) is 15.9 Å². The van der Waals surface area contributed by atoms with Crippen LogP contribution >= 0.6 is 0 Å². The second-order valence-corrected chi connectivity index (χ2v) is 9.43. The number of sulfonamides is 1. The molecule has 0 saturated carbocycles. The van der Waals surface area contributed by atoms with E-state index in [4.69, 9.17) is 4.74 Å². The maximum Gasteiger partial charge on any atom is 0.268 e. The summed E-state index contributed by atoms with van der Waals surface area (Å²) in [4.78, 5) is 17.0. The van der Waals surface area contributed by atoms with Gasteiger partial charge in [0, 0.05) is 45.1 Å². The Bertz CT molecular complexity index is 945. The molecule has 1 amide bonds. The van der Waals surface area contributed by atoms with E-state index in [1.165, 1.54) is 16.6 Å². The molecule has 3 heterocycles. The fraction of sp³-hybridized carbons (Fsp3) is 0.500. The summed E-state index contributed by atoms with van der Waals surface area (Å²) in [6.45, 7) is 5.20. The molecule has 0 atom stereocenters. The van der Waals surface area contributed by atoms with Crippen molar-refractivity contribution >= 4 is 15.9 Å². The summed E-state index contributed by atoms with van der Waals surface area (Å²) in [5.41, 5.74) is 1.12. The largest absolute Gasteiger partial charge is 0.475 e. The lowest BCUT2D eigenvalue weighted by Crippen LogP contribution is -2.35. The van der Waals surface area contributed by atoms with E-state index in [-0.39, 0.29) is 23.5 Å². The number of hydrogen-bond acceptors (Lipinski definition) is 5. The third kappa shape index (κ3) is 5.16. The monoisotopic (exact) mass is 420 g/mol. The fourth-order valence-corrected chi connectivity index (χ4v) is 4.84. The van der Waals surface area contributed by atoms with Gasteiger partial charge in [0.1, 0.15) is 10.6 Å². The van der Waals surface area contributed by atoms with Crippen LogP contribution in [0.4, 0.5) is 0 Å². The predicted octanol–water partition coefficient (Wildman–Crippen LogP) is 2.31. The Morgan fingerprint density at radius 3 is 2.59 bits per heavy atom. The van der Waals surface area contributed by atoms with Crippen molar-refractivity contribution < 1.29 is 17.9 Å². The van der Waals surface area contributed by atoms with Gasteiger partial charge in [-0.1, -0.05) is 12.5 Å². The molecule has 2 aromatic rings. The van der Waals surface area contributed by atoms with Crippen LogP contribution in [0.25, 0.3) is 0 Å². The molecule has 1 aliphatic rings. The van der Waals surface area contributed by atoms with Crippen molar-refractivity contribution in [2.45, 2.75) is 50.7 Å². The van der Waals surface area contributed by atoms with Crippen LogP contribution in [0.5, 0.6) is 5.88 Å². The summed E-state index contributed by atoms with van der Waals surface area (Å²) in [6.07, 6.45) is 5.98. The van der Waals surface area contributed by atoms with Crippen LogP contribution in [0.3, 0.4) is 0 Å². The number of nitrogens with zero attached hydrogens (tertiary/aromatic N) is 3. The summed E-state index contributed by atoms with van der Waals surface area (Å²) in [5.74, 6) is 0.195. The van der Waals surface area contributed by atoms with Crippen molar-refractivity contribution in [2.75, 3.05) is 13.1 Å². The minimum Gasteiger partial charge on any atom is -0.475 e. The van der Waals surface area contributed by atoms with Gasteiger partial charge in [0.25, 0.3) is 5.91 Å². The highest BCUT2D eigenvalue weighted by Crippen LogP contribution is 2.22. The zero-order valence-electron chi connectivity index (χ0n) is 17.1. The van der Waals surface area contributed by atoms with Gasteiger partial charge in [-0.3, -0.25) is 4.79 Å². The lowest BCUT2D eigenvalue weighted by molar-refractivity contribution is 0.0942. The normalized spacial score (nSPS) is 15.4. The molecule has 3 rings (SSSR count). The minimum atomic E-state index is -3.57. The third-order valence-electron chi connectivity index (χ3n) is 4.77. The highest BCUT2D eigenvalue weighted by atomic mass is 32.2. The van der Waals surface area contributed by atoms with E-state index >= 15 is 0 Å². The van der Waals surface area contributed by atoms with Crippen LogP contribution in [-0.2, 0) is 23.6 Å². The zero-order chi connectivity index (χ0) is 21.0. The molecule has 29 heavy (non-hydrogen) atoms. The van der Waals surface area contributed by atoms with E-state index in [0.717, 1.165) is 24.8 Å². The number of carbonyl (C=O) groups is 1. The second kappa shape index (κ2) is 8.96. The van der Waals surface area contributed by atoms with Crippen LogP contribution < -0.4 is 10.1 Å². The Balaban J connectivity index is 1.65. The van der Waals surface area contributed by atoms with Crippen LogP contribution in [0.1, 0.15) is 49.2 Å². The number of amides is 1. The van der Waals surface area contributed by atoms with Crippen molar-refractivity contribution in [3.63, 3.8) is 0 Å². The first kappa shape index (κ1) is 21.3. The first-order valence-electron chi connectivity index (χ1n) is 9.83. The van der Waals surface area contributed by atoms with Crippen molar-refractivity contribution in [1.29, 1.82) is 0 Å². The molecular formula is C20H28N4O4S. The van der Waals surface area contributed by atoms with Gasteiger partial charge in [-0.25, -0.2) is 13.4 Å². The first-order valence-corrected chi connectivity index (χ1v) is 11.3. The van der Waals surface area contributed by atoms with Crippen molar-refractivity contribution in [2.24, 2.45) is 7.05 Å². The van der Waals surface area contributed by atoms with Gasteiger partial charge in [-0.2, -0.15) is 4.31 Å². The van der Waals surface area contributed by atoms with Gasteiger partial charge in [-0.05, 0) is 38.3 Å². The average molecular weight is 421 g/mol. The molecule has 0 aliphatic carbocycles.